The van der Waals surface area contributed by atoms with Crippen LogP contribution in [0.25, 0.3) is 10.9 Å². The van der Waals surface area contributed by atoms with Crippen LogP contribution in [0.5, 0.6) is 0 Å². The van der Waals surface area contributed by atoms with Gasteiger partial charge in [-0.05, 0) is 42.1 Å². The number of aromatic nitrogens is 1. The van der Waals surface area contributed by atoms with Crippen LogP contribution in [0.1, 0.15) is 29.8 Å². The van der Waals surface area contributed by atoms with Crippen molar-refractivity contribution >= 4 is 22.2 Å². The van der Waals surface area contributed by atoms with Crippen molar-refractivity contribution in [1.82, 2.24) is 10.3 Å². The second-order valence-corrected chi connectivity index (χ2v) is 5.84. The lowest BCUT2D eigenvalue weighted by molar-refractivity contribution is 0.606. The van der Waals surface area contributed by atoms with Crippen molar-refractivity contribution in [3.8, 4) is 0 Å². The molecule has 1 unspecified atom stereocenters. The number of thiophene rings is 1. The van der Waals surface area contributed by atoms with Crippen LogP contribution >= 0.6 is 11.3 Å². The van der Waals surface area contributed by atoms with Gasteiger partial charge in [-0.1, -0.05) is 31.2 Å². The molecule has 1 atom stereocenters. The fourth-order valence-electron chi connectivity index (χ4n) is 2.39. The number of rotatable bonds is 5. The van der Waals surface area contributed by atoms with Gasteiger partial charge in [-0.3, -0.25) is 4.98 Å². The maximum Gasteiger partial charge on any atom is 0.0705 e. The standard InChI is InChI=1S/C17H18N2S/c1-2-9-19-17(16-6-4-11-20-16)14-8-7-13-5-3-10-18-15(13)12-14/h3-8,10-12,17,19H,2,9H2,1H3. The summed E-state index contributed by atoms with van der Waals surface area (Å²) in [7, 11) is 0. The third kappa shape index (κ3) is 2.74. The van der Waals surface area contributed by atoms with Crippen molar-refractivity contribution in [2.75, 3.05) is 6.54 Å². The highest BCUT2D eigenvalue weighted by Gasteiger charge is 2.14. The number of fused-ring (bicyclic) bond motifs is 1. The molecular weight excluding hydrogens is 264 g/mol. The fraction of sp³-hybridized carbons (Fsp3) is 0.235. The summed E-state index contributed by atoms with van der Waals surface area (Å²) < 4.78 is 0. The second-order valence-electron chi connectivity index (χ2n) is 4.86. The summed E-state index contributed by atoms with van der Waals surface area (Å²) in [5.74, 6) is 0. The van der Waals surface area contributed by atoms with Crippen LogP contribution in [0.4, 0.5) is 0 Å². The lowest BCUT2D eigenvalue weighted by Crippen LogP contribution is -2.22. The van der Waals surface area contributed by atoms with E-state index in [4.69, 9.17) is 0 Å². The van der Waals surface area contributed by atoms with E-state index in [0.717, 1.165) is 18.5 Å². The van der Waals surface area contributed by atoms with Gasteiger partial charge in [0.25, 0.3) is 0 Å². The van der Waals surface area contributed by atoms with Crippen LogP contribution in [-0.4, -0.2) is 11.5 Å². The molecule has 20 heavy (non-hydrogen) atoms. The minimum atomic E-state index is 0.265. The highest BCUT2D eigenvalue weighted by atomic mass is 32.1. The third-order valence-electron chi connectivity index (χ3n) is 3.39. The quantitative estimate of drug-likeness (QED) is 0.751. The molecule has 102 valence electrons. The maximum absolute atomic E-state index is 4.46. The molecule has 0 bridgehead atoms. The van der Waals surface area contributed by atoms with Crippen molar-refractivity contribution in [1.29, 1.82) is 0 Å². The molecule has 0 spiro atoms. The van der Waals surface area contributed by atoms with Gasteiger partial charge in [0, 0.05) is 16.5 Å². The molecule has 3 rings (SSSR count). The zero-order valence-corrected chi connectivity index (χ0v) is 12.4. The van der Waals surface area contributed by atoms with Gasteiger partial charge >= 0.3 is 0 Å². The number of nitrogens with one attached hydrogen (secondary N) is 1. The predicted octanol–water partition coefficient (Wildman–Crippen LogP) is 4.39. The molecule has 0 saturated heterocycles. The summed E-state index contributed by atoms with van der Waals surface area (Å²) in [5, 5.41) is 6.96. The van der Waals surface area contributed by atoms with Crippen LogP contribution in [-0.2, 0) is 0 Å². The zero-order chi connectivity index (χ0) is 13.8. The van der Waals surface area contributed by atoms with Crippen molar-refractivity contribution in [3.63, 3.8) is 0 Å². The van der Waals surface area contributed by atoms with E-state index < -0.39 is 0 Å². The molecule has 1 N–H and O–H groups in total. The first-order chi connectivity index (χ1) is 9.88. The highest BCUT2D eigenvalue weighted by molar-refractivity contribution is 7.10. The van der Waals surface area contributed by atoms with Crippen LogP contribution in [0.3, 0.4) is 0 Å². The average Bonchev–Trinajstić information content (AvgIpc) is 3.02. The molecule has 0 aliphatic carbocycles. The largest absolute Gasteiger partial charge is 0.306 e. The number of benzene rings is 1. The van der Waals surface area contributed by atoms with Crippen LogP contribution in [0, 0.1) is 0 Å². The topological polar surface area (TPSA) is 24.9 Å². The molecule has 2 heterocycles. The van der Waals surface area contributed by atoms with E-state index in [1.807, 2.05) is 12.3 Å². The van der Waals surface area contributed by atoms with Gasteiger partial charge in [-0.25, -0.2) is 0 Å². The SMILES string of the molecule is CCCNC(c1ccc2cccnc2c1)c1cccs1. The van der Waals surface area contributed by atoms with Crippen molar-refractivity contribution in [3.05, 3.63) is 64.5 Å². The predicted molar refractivity (Wildman–Crippen MR) is 86.2 cm³/mol. The van der Waals surface area contributed by atoms with Gasteiger partial charge in [-0.15, -0.1) is 11.3 Å². The Labute approximate surface area is 123 Å². The fourth-order valence-corrected chi connectivity index (χ4v) is 3.22. The molecule has 0 aliphatic rings. The van der Waals surface area contributed by atoms with Crippen LogP contribution in [0.15, 0.2) is 54.0 Å². The summed E-state index contributed by atoms with van der Waals surface area (Å²) in [4.78, 5) is 5.82. The van der Waals surface area contributed by atoms with Crippen LogP contribution in [0.2, 0.25) is 0 Å². The zero-order valence-electron chi connectivity index (χ0n) is 11.5. The van der Waals surface area contributed by atoms with Gasteiger partial charge < -0.3 is 5.32 Å². The lowest BCUT2D eigenvalue weighted by atomic mass is 10.0. The number of hydrogen-bond donors (Lipinski definition) is 1. The monoisotopic (exact) mass is 282 g/mol. The van der Waals surface area contributed by atoms with E-state index in [2.05, 4.69) is 59.0 Å². The lowest BCUT2D eigenvalue weighted by Gasteiger charge is -2.18. The third-order valence-corrected chi connectivity index (χ3v) is 4.33. The molecule has 0 saturated carbocycles. The molecule has 0 aliphatic heterocycles. The van der Waals surface area contributed by atoms with E-state index in [1.54, 1.807) is 11.3 Å². The molecule has 3 heteroatoms. The van der Waals surface area contributed by atoms with E-state index in [0.29, 0.717) is 0 Å². The summed E-state index contributed by atoms with van der Waals surface area (Å²) in [6, 6.07) is 15.2. The normalized spacial score (nSPS) is 12.7. The summed E-state index contributed by atoms with van der Waals surface area (Å²) >= 11 is 1.80. The molecule has 0 fully saturated rings. The smallest absolute Gasteiger partial charge is 0.0705 e. The van der Waals surface area contributed by atoms with Crippen LogP contribution < -0.4 is 5.32 Å². The number of pyridine rings is 1. The Hall–Kier alpha value is -1.71. The van der Waals surface area contributed by atoms with E-state index >= 15 is 0 Å². The minimum absolute atomic E-state index is 0.265. The number of nitrogens with zero attached hydrogens (tertiary/aromatic N) is 1. The molecule has 0 radical (unpaired) electrons. The van der Waals surface area contributed by atoms with Gasteiger partial charge in [0.1, 0.15) is 0 Å². The Morgan fingerprint density at radius 3 is 2.95 bits per heavy atom. The summed E-state index contributed by atoms with van der Waals surface area (Å²) in [6.07, 6.45) is 2.99. The second kappa shape index (κ2) is 6.16. The Bertz CT molecular complexity index is 676. The Morgan fingerprint density at radius 1 is 1.20 bits per heavy atom. The molecular formula is C17H18N2S. The van der Waals surface area contributed by atoms with Gasteiger partial charge in [0.05, 0.1) is 11.6 Å². The Kier molecular flexibility index (Phi) is 4.09. The van der Waals surface area contributed by atoms with Gasteiger partial charge in [-0.2, -0.15) is 0 Å². The Balaban J connectivity index is 1.99. The first-order valence-electron chi connectivity index (χ1n) is 7.00. The highest BCUT2D eigenvalue weighted by Crippen LogP contribution is 2.27. The molecule has 1 aromatic carbocycles. The summed E-state index contributed by atoms with van der Waals surface area (Å²) in [6.45, 7) is 3.21. The first kappa shape index (κ1) is 13.3. The number of hydrogen-bond acceptors (Lipinski definition) is 3. The minimum Gasteiger partial charge on any atom is -0.306 e. The van der Waals surface area contributed by atoms with E-state index in [9.17, 15) is 0 Å². The average molecular weight is 282 g/mol. The molecule has 2 aromatic heterocycles. The first-order valence-corrected chi connectivity index (χ1v) is 7.88. The van der Waals surface area contributed by atoms with E-state index in [-0.39, 0.29) is 6.04 Å². The van der Waals surface area contributed by atoms with Gasteiger partial charge in [0.2, 0.25) is 0 Å². The van der Waals surface area contributed by atoms with E-state index in [1.165, 1.54) is 15.8 Å². The summed E-state index contributed by atoms with van der Waals surface area (Å²) in [5.41, 5.74) is 2.34. The molecule has 2 nitrogen and oxygen atoms in total. The van der Waals surface area contributed by atoms with Crippen molar-refractivity contribution < 1.29 is 0 Å². The molecule has 0 amide bonds. The van der Waals surface area contributed by atoms with Crippen molar-refractivity contribution in [2.45, 2.75) is 19.4 Å². The molecule has 3 aromatic rings. The van der Waals surface area contributed by atoms with Crippen molar-refractivity contribution in [2.24, 2.45) is 0 Å². The maximum atomic E-state index is 4.46. The van der Waals surface area contributed by atoms with Gasteiger partial charge in [0.15, 0.2) is 0 Å². The Morgan fingerprint density at radius 2 is 2.15 bits per heavy atom.